The molecule has 0 bridgehead atoms. The van der Waals surface area contributed by atoms with E-state index in [1.165, 1.54) is 11.1 Å². The average Bonchev–Trinajstić information content (AvgIpc) is 2.62. The van der Waals surface area contributed by atoms with E-state index in [1.807, 2.05) is 42.5 Å². The van der Waals surface area contributed by atoms with Crippen molar-refractivity contribution in [1.82, 2.24) is 4.98 Å². The smallest absolute Gasteiger partial charge is 0.0595 e. The second-order valence-corrected chi connectivity index (χ2v) is 5.25. The van der Waals surface area contributed by atoms with Gasteiger partial charge in [-0.3, -0.25) is 4.98 Å². The molecule has 0 atom stereocenters. The first-order valence-corrected chi connectivity index (χ1v) is 7.33. The maximum Gasteiger partial charge on any atom is 0.0595 e. The van der Waals surface area contributed by atoms with Crippen LogP contribution in [-0.2, 0) is 20.1 Å². The number of benzene rings is 3. The standard InChI is InChI=1S/C21H14N.Ir/c1-2-6-16(7-3-1)17-10-12-19(13-11-17)21-15-14-18-8-4-5-9-20(18)22-21;/h1-12,14-15H;/q-1;. The molecule has 0 N–H and O–H groups in total. The fourth-order valence-electron chi connectivity index (χ4n) is 2.61. The first kappa shape index (κ1) is 15.6. The number of rotatable bonds is 2. The molecule has 0 unspecified atom stereocenters. The second kappa shape index (κ2) is 6.87. The number of aromatic nitrogens is 1. The third kappa shape index (κ3) is 3.24. The molecule has 3 aromatic carbocycles. The Hall–Kier alpha value is -2.28. The molecule has 113 valence electrons. The minimum absolute atomic E-state index is 0. The van der Waals surface area contributed by atoms with Gasteiger partial charge in [0.25, 0.3) is 0 Å². The summed E-state index contributed by atoms with van der Waals surface area (Å²) in [4.78, 5) is 4.72. The summed E-state index contributed by atoms with van der Waals surface area (Å²) in [6.45, 7) is 0. The van der Waals surface area contributed by atoms with Gasteiger partial charge < -0.3 is 0 Å². The van der Waals surface area contributed by atoms with Crippen molar-refractivity contribution in [3.05, 3.63) is 91.0 Å². The Balaban J connectivity index is 0.00000156. The van der Waals surface area contributed by atoms with Crippen LogP contribution in [0.25, 0.3) is 33.3 Å². The number of pyridine rings is 1. The normalized spacial score (nSPS) is 10.3. The molecule has 0 aliphatic rings. The zero-order valence-electron chi connectivity index (χ0n) is 12.4. The van der Waals surface area contributed by atoms with Crippen LogP contribution in [0, 0.1) is 6.07 Å². The maximum absolute atomic E-state index is 4.72. The first-order valence-electron chi connectivity index (χ1n) is 7.33. The van der Waals surface area contributed by atoms with E-state index < -0.39 is 0 Å². The van der Waals surface area contributed by atoms with Crippen LogP contribution in [0.4, 0.5) is 0 Å². The fourth-order valence-corrected chi connectivity index (χ4v) is 2.61. The summed E-state index contributed by atoms with van der Waals surface area (Å²) in [5.74, 6) is 0. The molecule has 0 amide bonds. The summed E-state index contributed by atoms with van der Waals surface area (Å²) in [6.07, 6.45) is 0. The largest absolute Gasteiger partial charge is 0.296 e. The van der Waals surface area contributed by atoms with Gasteiger partial charge >= 0.3 is 0 Å². The predicted octanol–water partition coefficient (Wildman–Crippen LogP) is 5.37. The van der Waals surface area contributed by atoms with Crippen molar-refractivity contribution >= 4 is 10.9 Å². The quantitative estimate of drug-likeness (QED) is 0.358. The molecule has 1 nitrogen and oxygen atoms in total. The van der Waals surface area contributed by atoms with Gasteiger partial charge in [-0.15, -0.1) is 29.8 Å². The van der Waals surface area contributed by atoms with Crippen LogP contribution in [-0.4, -0.2) is 4.98 Å². The van der Waals surface area contributed by atoms with Crippen LogP contribution in [0.1, 0.15) is 0 Å². The van der Waals surface area contributed by atoms with Gasteiger partial charge in [0.1, 0.15) is 0 Å². The van der Waals surface area contributed by atoms with E-state index in [0.717, 1.165) is 22.2 Å². The van der Waals surface area contributed by atoms with E-state index in [2.05, 4.69) is 48.5 Å². The van der Waals surface area contributed by atoms with Gasteiger partial charge in [0.2, 0.25) is 0 Å². The van der Waals surface area contributed by atoms with Crippen LogP contribution in [0.15, 0.2) is 84.9 Å². The molecule has 1 radical (unpaired) electrons. The summed E-state index contributed by atoms with van der Waals surface area (Å²) >= 11 is 0. The third-order valence-electron chi connectivity index (χ3n) is 3.79. The molecule has 2 heteroatoms. The van der Waals surface area contributed by atoms with Crippen molar-refractivity contribution in [3.63, 3.8) is 0 Å². The van der Waals surface area contributed by atoms with Crippen molar-refractivity contribution in [1.29, 1.82) is 0 Å². The Morgan fingerprint density at radius 3 is 2.22 bits per heavy atom. The zero-order chi connectivity index (χ0) is 14.8. The van der Waals surface area contributed by atoms with Crippen molar-refractivity contribution < 1.29 is 20.1 Å². The molecule has 0 spiro atoms. The number of fused-ring (bicyclic) bond motifs is 1. The van der Waals surface area contributed by atoms with Crippen LogP contribution >= 0.6 is 0 Å². The second-order valence-electron chi connectivity index (χ2n) is 5.25. The van der Waals surface area contributed by atoms with Crippen molar-refractivity contribution in [2.45, 2.75) is 0 Å². The SMILES string of the molecule is [Ir].[c-]1cc(-c2ccccc2)ccc1-c1ccc2ccccc2n1. The fraction of sp³-hybridized carbons (Fsp3) is 0. The van der Waals surface area contributed by atoms with Gasteiger partial charge in [-0.25, -0.2) is 0 Å². The Morgan fingerprint density at radius 1 is 0.652 bits per heavy atom. The summed E-state index contributed by atoms with van der Waals surface area (Å²) < 4.78 is 0. The van der Waals surface area contributed by atoms with E-state index in [0.29, 0.717) is 0 Å². The van der Waals surface area contributed by atoms with Gasteiger partial charge in [-0.1, -0.05) is 71.8 Å². The number of nitrogens with zero attached hydrogens (tertiary/aromatic N) is 1. The first-order chi connectivity index (χ1) is 10.9. The summed E-state index contributed by atoms with van der Waals surface area (Å²) in [5, 5.41) is 1.16. The van der Waals surface area contributed by atoms with E-state index in [-0.39, 0.29) is 20.1 Å². The van der Waals surface area contributed by atoms with E-state index in [4.69, 9.17) is 4.98 Å². The minimum Gasteiger partial charge on any atom is -0.296 e. The van der Waals surface area contributed by atoms with Crippen LogP contribution in [0.5, 0.6) is 0 Å². The molecule has 1 heterocycles. The topological polar surface area (TPSA) is 12.9 Å². The van der Waals surface area contributed by atoms with Crippen LogP contribution < -0.4 is 0 Å². The summed E-state index contributed by atoms with van der Waals surface area (Å²) in [6, 6.07) is 32.3. The molecule has 0 saturated heterocycles. The molecular formula is C21H14IrN-. The molecule has 1 aromatic heterocycles. The van der Waals surface area contributed by atoms with Gasteiger partial charge in [0, 0.05) is 20.1 Å². The van der Waals surface area contributed by atoms with Gasteiger partial charge in [0.15, 0.2) is 0 Å². The number of para-hydroxylation sites is 1. The Labute approximate surface area is 149 Å². The number of hydrogen-bond donors (Lipinski definition) is 0. The Bertz CT molecular complexity index is 915. The van der Waals surface area contributed by atoms with Crippen molar-refractivity contribution in [2.75, 3.05) is 0 Å². The van der Waals surface area contributed by atoms with Gasteiger partial charge in [-0.2, -0.15) is 0 Å². The van der Waals surface area contributed by atoms with Gasteiger partial charge in [0.05, 0.1) is 5.52 Å². The number of hydrogen-bond acceptors (Lipinski definition) is 1. The third-order valence-corrected chi connectivity index (χ3v) is 3.79. The van der Waals surface area contributed by atoms with E-state index in [1.54, 1.807) is 0 Å². The zero-order valence-corrected chi connectivity index (χ0v) is 14.8. The van der Waals surface area contributed by atoms with E-state index in [9.17, 15) is 0 Å². The average molecular weight is 473 g/mol. The maximum atomic E-state index is 4.72. The molecule has 0 aliphatic carbocycles. The summed E-state index contributed by atoms with van der Waals surface area (Å²) in [7, 11) is 0. The van der Waals surface area contributed by atoms with Crippen molar-refractivity contribution in [3.8, 4) is 22.4 Å². The molecule has 4 aromatic rings. The predicted molar refractivity (Wildman–Crippen MR) is 91.5 cm³/mol. The Morgan fingerprint density at radius 2 is 1.43 bits per heavy atom. The van der Waals surface area contributed by atoms with E-state index >= 15 is 0 Å². The minimum atomic E-state index is 0. The molecule has 4 rings (SSSR count). The molecule has 0 aliphatic heterocycles. The molecule has 0 fully saturated rings. The Kier molecular flexibility index (Phi) is 4.66. The molecule has 23 heavy (non-hydrogen) atoms. The van der Waals surface area contributed by atoms with Crippen LogP contribution in [0.2, 0.25) is 0 Å². The summed E-state index contributed by atoms with van der Waals surface area (Å²) in [5.41, 5.74) is 5.37. The molecule has 0 saturated carbocycles. The van der Waals surface area contributed by atoms with Gasteiger partial charge in [-0.05, 0) is 17.1 Å². The van der Waals surface area contributed by atoms with Crippen LogP contribution in [0.3, 0.4) is 0 Å². The monoisotopic (exact) mass is 473 g/mol. The van der Waals surface area contributed by atoms with Crippen molar-refractivity contribution in [2.24, 2.45) is 0 Å². The molecular weight excluding hydrogens is 458 g/mol.